The molecule has 0 aliphatic carbocycles. The molecule has 13 heavy (non-hydrogen) atoms. The van der Waals surface area contributed by atoms with Crippen LogP contribution in [-0.4, -0.2) is 19.6 Å². The number of nitrogens with zero attached hydrogens (tertiary/aromatic N) is 3. The van der Waals surface area contributed by atoms with E-state index >= 15 is 0 Å². The molecule has 0 saturated heterocycles. The van der Waals surface area contributed by atoms with E-state index in [1.807, 2.05) is 12.4 Å². The van der Waals surface area contributed by atoms with Gasteiger partial charge in [-0.2, -0.15) is 0 Å². The Morgan fingerprint density at radius 1 is 1.46 bits per heavy atom. The molecule has 0 fully saturated rings. The quantitative estimate of drug-likeness (QED) is 0.776. The number of hydrogen-bond acceptors (Lipinski definition) is 4. The molecule has 5 heteroatoms. The number of aryl methyl sites for hydroxylation is 1. The summed E-state index contributed by atoms with van der Waals surface area (Å²) in [6, 6.07) is 0. The summed E-state index contributed by atoms with van der Waals surface area (Å²) in [4.78, 5) is 8.08. The molecule has 2 rings (SSSR count). The first-order valence-corrected chi connectivity index (χ1v) is 4.71. The predicted molar refractivity (Wildman–Crippen MR) is 49.4 cm³/mol. The van der Waals surface area contributed by atoms with Crippen LogP contribution in [0.3, 0.4) is 0 Å². The Balaban J connectivity index is 2.33. The summed E-state index contributed by atoms with van der Waals surface area (Å²) in [6.45, 7) is 0. The molecule has 0 saturated carbocycles. The maximum atomic E-state index is 9.82. The highest BCUT2D eigenvalue weighted by atomic mass is 32.1. The lowest BCUT2D eigenvalue weighted by Crippen LogP contribution is -2.06. The van der Waals surface area contributed by atoms with E-state index in [4.69, 9.17) is 0 Å². The van der Waals surface area contributed by atoms with E-state index in [1.54, 1.807) is 23.2 Å². The Morgan fingerprint density at radius 3 is 2.85 bits per heavy atom. The Hall–Kier alpha value is -1.20. The molecule has 2 aromatic rings. The first-order valence-electron chi connectivity index (χ1n) is 3.83. The van der Waals surface area contributed by atoms with E-state index in [-0.39, 0.29) is 0 Å². The Bertz CT molecular complexity index is 382. The minimum Gasteiger partial charge on any atom is -0.378 e. The van der Waals surface area contributed by atoms with Crippen molar-refractivity contribution in [3.63, 3.8) is 0 Å². The van der Waals surface area contributed by atoms with Crippen LogP contribution in [0.1, 0.15) is 16.9 Å². The lowest BCUT2D eigenvalue weighted by molar-refractivity contribution is 0.205. The zero-order valence-corrected chi connectivity index (χ0v) is 7.90. The summed E-state index contributed by atoms with van der Waals surface area (Å²) in [6.07, 6.45) is 4.42. The highest BCUT2D eigenvalue weighted by Crippen LogP contribution is 2.21. The maximum absolute atomic E-state index is 9.82. The van der Waals surface area contributed by atoms with E-state index in [2.05, 4.69) is 9.97 Å². The van der Waals surface area contributed by atoms with Crippen LogP contribution in [0, 0.1) is 0 Å². The highest BCUT2D eigenvalue weighted by Gasteiger charge is 2.16. The van der Waals surface area contributed by atoms with Gasteiger partial charge in [0.1, 0.15) is 10.8 Å². The van der Waals surface area contributed by atoms with Crippen molar-refractivity contribution in [2.45, 2.75) is 6.10 Å². The van der Waals surface area contributed by atoms with Crippen molar-refractivity contribution in [3.05, 3.63) is 34.8 Å². The maximum Gasteiger partial charge on any atom is 0.163 e. The van der Waals surface area contributed by atoms with Gasteiger partial charge in [0.25, 0.3) is 0 Å². The number of rotatable bonds is 2. The van der Waals surface area contributed by atoms with Crippen molar-refractivity contribution in [1.82, 2.24) is 14.5 Å². The molecule has 0 aromatic carbocycles. The topological polar surface area (TPSA) is 50.9 Å². The third-order valence-corrected chi connectivity index (χ3v) is 2.62. The van der Waals surface area contributed by atoms with Crippen LogP contribution in [0.15, 0.2) is 24.0 Å². The van der Waals surface area contributed by atoms with Crippen LogP contribution in [0.2, 0.25) is 0 Å². The van der Waals surface area contributed by atoms with Crippen LogP contribution in [-0.2, 0) is 7.05 Å². The molecular formula is C8H9N3OS. The summed E-state index contributed by atoms with van der Waals surface area (Å²) in [5, 5.41) is 12.3. The average Bonchev–Trinajstić information content (AvgIpc) is 2.72. The number of aliphatic hydroxyl groups excluding tert-OH is 1. The predicted octanol–water partition coefficient (Wildman–Crippen LogP) is 0.958. The second-order valence-corrected chi connectivity index (χ2v) is 3.60. The van der Waals surface area contributed by atoms with Gasteiger partial charge in [-0.15, -0.1) is 11.3 Å². The zero-order valence-electron chi connectivity index (χ0n) is 7.08. The molecule has 2 aromatic heterocycles. The Morgan fingerprint density at radius 2 is 2.31 bits per heavy atom. The van der Waals surface area contributed by atoms with Crippen LogP contribution in [0.4, 0.5) is 0 Å². The van der Waals surface area contributed by atoms with E-state index in [1.165, 1.54) is 11.3 Å². The molecule has 2 heterocycles. The fraction of sp³-hybridized carbons (Fsp3) is 0.250. The first-order chi connectivity index (χ1) is 6.29. The average molecular weight is 195 g/mol. The summed E-state index contributed by atoms with van der Waals surface area (Å²) in [5.74, 6) is 0.620. The normalized spacial score (nSPS) is 13.1. The zero-order chi connectivity index (χ0) is 9.26. The van der Waals surface area contributed by atoms with Crippen molar-refractivity contribution in [2.24, 2.45) is 7.05 Å². The first kappa shape index (κ1) is 8.40. The van der Waals surface area contributed by atoms with Crippen LogP contribution >= 0.6 is 11.3 Å². The van der Waals surface area contributed by atoms with Gasteiger partial charge in [-0.1, -0.05) is 0 Å². The van der Waals surface area contributed by atoms with Gasteiger partial charge < -0.3 is 9.67 Å². The molecule has 1 N–H and O–H groups in total. The van der Waals surface area contributed by atoms with Crippen LogP contribution in [0.25, 0.3) is 0 Å². The van der Waals surface area contributed by atoms with Crippen molar-refractivity contribution < 1.29 is 5.11 Å². The highest BCUT2D eigenvalue weighted by molar-refractivity contribution is 7.09. The minimum absolute atomic E-state index is 0.620. The van der Waals surface area contributed by atoms with Gasteiger partial charge in [0, 0.05) is 31.0 Å². The van der Waals surface area contributed by atoms with Gasteiger partial charge in [0.2, 0.25) is 0 Å². The third kappa shape index (κ3) is 1.48. The smallest absolute Gasteiger partial charge is 0.163 e. The minimum atomic E-state index is -0.708. The standard InChI is InChI=1S/C8H9N3OS/c1-11-4-2-9-7(11)6(12)8-10-3-5-13-8/h2-6,12H,1H3. The molecule has 0 aliphatic heterocycles. The molecule has 1 atom stereocenters. The van der Waals surface area contributed by atoms with E-state index in [9.17, 15) is 5.11 Å². The summed E-state index contributed by atoms with van der Waals surface area (Å²) < 4.78 is 1.78. The monoisotopic (exact) mass is 195 g/mol. The third-order valence-electron chi connectivity index (χ3n) is 1.79. The van der Waals surface area contributed by atoms with Crippen LogP contribution < -0.4 is 0 Å². The number of thiazole rings is 1. The molecule has 0 radical (unpaired) electrons. The van der Waals surface area contributed by atoms with Gasteiger partial charge in [0.15, 0.2) is 6.10 Å². The van der Waals surface area contributed by atoms with Crippen molar-refractivity contribution >= 4 is 11.3 Å². The number of aromatic nitrogens is 3. The number of hydrogen-bond donors (Lipinski definition) is 1. The summed E-state index contributed by atoms with van der Waals surface area (Å²) in [5.41, 5.74) is 0. The SMILES string of the molecule is Cn1ccnc1C(O)c1nccs1. The van der Waals surface area contributed by atoms with Gasteiger partial charge >= 0.3 is 0 Å². The fourth-order valence-corrected chi connectivity index (χ4v) is 1.74. The molecular weight excluding hydrogens is 186 g/mol. The number of aliphatic hydroxyl groups is 1. The summed E-state index contributed by atoms with van der Waals surface area (Å²) in [7, 11) is 1.85. The van der Waals surface area contributed by atoms with Gasteiger partial charge in [-0.25, -0.2) is 9.97 Å². The van der Waals surface area contributed by atoms with Gasteiger partial charge in [0.05, 0.1) is 0 Å². The second-order valence-electron chi connectivity index (χ2n) is 2.67. The van der Waals surface area contributed by atoms with E-state index in [0.717, 1.165) is 0 Å². The fourth-order valence-electron chi connectivity index (χ4n) is 1.12. The molecule has 4 nitrogen and oxygen atoms in total. The summed E-state index contributed by atoms with van der Waals surface area (Å²) >= 11 is 1.42. The van der Waals surface area contributed by atoms with Gasteiger partial charge in [-0.05, 0) is 0 Å². The lowest BCUT2D eigenvalue weighted by Gasteiger charge is -2.06. The Kier molecular flexibility index (Phi) is 2.12. The van der Waals surface area contributed by atoms with Crippen molar-refractivity contribution in [3.8, 4) is 0 Å². The Labute approximate surface area is 79.5 Å². The molecule has 0 spiro atoms. The molecule has 0 bridgehead atoms. The molecule has 0 amide bonds. The van der Waals surface area contributed by atoms with Crippen LogP contribution in [0.5, 0.6) is 0 Å². The lowest BCUT2D eigenvalue weighted by atomic mass is 10.3. The second kappa shape index (κ2) is 3.27. The molecule has 1 unspecified atom stereocenters. The number of imidazole rings is 1. The van der Waals surface area contributed by atoms with Crippen molar-refractivity contribution in [2.75, 3.05) is 0 Å². The molecule has 0 aliphatic rings. The largest absolute Gasteiger partial charge is 0.378 e. The van der Waals surface area contributed by atoms with Crippen molar-refractivity contribution in [1.29, 1.82) is 0 Å². The van der Waals surface area contributed by atoms with E-state index < -0.39 is 6.10 Å². The van der Waals surface area contributed by atoms with Gasteiger partial charge in [-0.3, -0.25) is 0 Å². The molecule has 68 valence electrons. The van der Waals surface area contributed by atoms with E-state index in [0.29, 0.717) is 10.8 Å².